The van der Waals surface area contributed by atoms with Crippen LogP contribution < -0.4 is 5.32 Å². The molecule has 0 fully saturated rings. The Bertz CT molecular complexity index is 335. The first-order valence-electron chi connectivity index (χ1n) is 5.29. The molecule has 0 bridgehead atoms. The molecule has 0 aromatic heterocycles. The SMILES string of the molecule is CC(CCO)NC(=O)c1ccc(CO)cc1. The molecule has 0 saturated carbocycles. The number of carbonyl (C=O) groups excluding carboxylic acids is 1. The van der Waals surface area contributed by atoms with Crippen molar-refractivity contribution < 1.29 is 15.0 Å². The number of aliphatic hydroxyl groups is 2. The summed E-state index contributed by atoms with van der Waals surface area (Å²) < 4.78 is 0. The van der Waals surface area contributed by atoms with Crippen LogP contribution in [0.2, 0.25) is 0 Å². The Labute approximate surface area is 94.9 Å². The molecule has 0 radical (unpaired) electrons. The number of hydrogen-bond donors (Lipinski definition) is 3. The highest BCUT2D eigenvalue weighted by atomic mass is 16.3. The number of rotatable bonds is 5. The average Bonchev–Trinajstić information content (AvgIpc) is 2.29. The van der Waals surface area contributed by atoms with Crippen LogP contribution in [0.1, 0.15) is 29.3 Å². The maximum atomic E-state index is 11.7. The summed E-state index contributed by atoms with van der Waals surface area (Å²) in [5.41, 5.74) is 1.34. The molecular formula is C12H17NO3. The molecule has 0 heterocycles. The molecular weight excluding hydrogens is 206 g/mol. The van der Waals surface area contributed by atoms with E-state index in [-0.39, 0.29) is 25.2 Å². The zero-order chi connectivity index (χ0) is 12.0. The molecule has 16 heavy (non-hydrogen) atoms. The van der Waals surface area contributed by atoms with E-state index in [0.717, 1.165) is 5.56 Å². The molecule has 4 nitrogen and oxygen atoms in total. The van der Waals surface area contributed by atoms with Crippen molar-refractivity contribution in [1.29, 1.82) is 0 Å². The Morgan fingerprint density at radius 1 is 1.31 bits per heavy atom. The zero-order valence-corrected chi connectivity index (χ0v) is 9.31. The van der Waals surface area contributed by atoms with Crippen LogP contribution in [0.25, 0.3) is 0 Å². The van der Waals surface area contributed by atoms with Crippen molar-refractivity contribution in [2.24, 2.45) is 0 Å². The first-order valence-corrected chi connectivity index (χ1v) is 5.29. The van der Waals surface area contributed by atoms with Gasteiger partial charge >= 0.3 is 0 Å². The summed E-state index contributed by atoms with van der Waals surface area (Å²) >= 11 is 0. The van der Waals surface area contributed by atoms with E-state index < -0.39 is 0 Å². The highest BCUT2D eigenvalue weighted by Crippen LogP contribution is 2.05. The number of nitrogens with one attached hydrogen (secondary N) is 1. The van der Waals surface area contributed by atoms with Gasteiger partial charge in [-0.3, -0.25) is 4.79 Å². The van der Waals surface area contributed by atoms with E-state index in [4.69, 9.17) is 10.2 Å². The van der Waals surface area contributed by atoms with Gasteiger partial charge < -0.3 is 15.5 Å². The lowest BCUT2D eigenvalue weighted by molar-refractivity contribution is 0.0934. The number of benzene rings is 1. The van der Waals surface area contributed by atoms with Gasteiger partial charge in [-0.05, 0) is 31.0 Å². The minimum absolute atomic E-state index is 0.0250. The van der Waals surface area contributed by atoms with Crippen LogP contribution >= 0.6 is 0 Å². The third kappa shape index (κ3) is 3.64. The molecule has 0 aliphatic carbocycles. The molecule has 0 aliphatic heterocycles. The van der Waals surface area contributed by atoms with Crippen LogP contribution in [0.15, 0.2) is 24.3 Å². The average molecular weight is 223 g/mol. The molecule has 1 rings (SSSR count). The van der Waals surface area contributed by atoms with Gasteiger partial charge in [0.2, 0.25) is 0 Å². The van der Waals surface area contributed by atoms with Crippen LogP contribution in [0.5, 0.6) is 0 Å². The molecule has 0 saturated heterocycles. The second-order valence-corrected chi connectivity index (χ2v) is 3.74. The summed E-state index contributed by atoms with van der Waals surface area (Å²) in [6.07, 6.45) is 0.542. The lowest BCUT2D eigenvalue weighted by Gasteiger charge is -2.12. The molecule has 0 aliphatic rings. The van der Waals surface area contributed by atoms with Gasteiger partial charge in [-0.25, -0.2) is 0 Å². The molecule has 1 aromatic carbocycles. The number of hydrogen-bond acceptors (Lipinski definition) is 3. The van der Waals surface area contributed by atoms with Crippen molar-refractivity contribution in [2.45, 2.75) is 26.0 Å². The minimum Gasteiger partial charge on any atom is -0.396 e. The van der Waals surface area contributed by atoms with E-state index in [1.165, 1.54) is 0 Å². The standard InChI is InChI=1S/C12H17NO3/c1-9(6-7-14)13-12(16)11-4-2-10(8-15)3-5-11/h2-5,9,14-15H,6-8H2,1H3,(H,13,16). The fraction of sp³-hybridized carbons (Fsp3) is 0.417. The van der Waals surface area contributed by atoms with Crippen molar-refractivity contribution in [3.8, 4) is 0 Å². The molecule has 1 unspecified atom stereocenters. The Hall–Kier alpha value is -1.39. The third-order valence-electron chi connectivity index (χ3n) is 2.34. The highest BCUT2D eigenvalue weighted by molar-refractivity contribution is 5.94. The minimum atomic E-state index is -0.162. The molecule has 1 atom stereocenters. The lowest BCUT2D eigenvalue weighted by Crippen LogP contribution is -2.33. The summed E-state index contributed by atoms with van der Waals surface area (Å²) in [5.74, 6) is -0.162. The van der Waals surface area contributed by atoms with Crippen LogP contribution in [-0.2, 0) is 6.61 Å². The van der Waals surface area contributed by atoms with Crippen molar-refractivity contribution in [3.63, 3.8) is 0 Å². The fourth-order valence-corrected chi connectivity index (χ4v) is 1.33. The van der Waals surface area contributed by atoms with Gasteiger partial charge in [0, 0.05) is 18.2 Å². The van der Waals surface area contributed by atoms with Gasteiger partial charge in [0.15, 0.2) is 0 Å². The van der Waals surface area contributed by atoms with Gasteiger partial charge in [0.1, 0.15) is 0 Å². The first kappa shape index (κ1) is 12.7. The summed E-state index contributed by atoms with van der Waals surface area (Å²) in [7, 11) is 0. The molecule has 4 heteroatoms. The van der Waals surface area contributed by atoms with Gasteiger partial charge in [-0.15, -0.1) is 0 Å². The predicted octanol–water partition coefficient (Wildman–Crippen LogP) is 0.680. The van der Waals surface area contributed by atoms with Crippen LogP contribution in [0.3, 0.4) is 0 Å². The monoisotopic (exact) mass is 223 g/mol. The zero-order valence-electron chi connectivity index (χ0n) is 9.31. The van der Waals surface area contributed by atoms with Crippen LogP contribution in [0.4, 0.5) is 0 Å². The van der Waals surface area contributed by atoms with E-state index in [1.807, 2.05) is 6.92 Å². The maximum Gasteiger partial charge on any atom is 0.251 e. The van der Waals surface area contributed by atoms with Gasteiger partial charge in [0.25, 0.3) is 5.91 Å². The van der Waals surface area contributed by atoms with Crippen LogP contribution in [-0.4, -0.2) is 28.8 Å². The van der Waals surface area contributed by atoms with Crippen molar-refractivity contribution >= 4 is 5.91 Å². The molecule has 3 N–H and O–H groups in total. The highest BCUT2D eigenvalue weighted by Gasteiger charge is 2.08. The van der Waals surface area contributed by atoms with Crippen LogP contribution in [0, 0.1) is 0 Å². The van der Waals surface area contributed by atoms with E-state index >= 15 is 0 Å². The summed E-state index contributed by atoms with van der Waals surface area (Å²) in [4.78, 5) is 11.7. The van der Waals surface area contributed by atoms with Crippen molar-refractivity contribution in [3.05, 3.63) is 35.4 Å². The quantitative estimate of drug-likeness (QED) is 0.687. The smallest absolute Gasteiger partial charge is 0.251 e. The predicted molar refractivity (Wildman–Crippen MR) is 61.0 cm³/mol. The number of amides is 1. The van der Waals surface area contributed by atoms with E-state index in [9.17, 15) is 4.79 Å². The molecule has 1 amide bonds. The van der Waals surface area contributed by atoms with Crippen molar-refractivity contribution in [1.82, 2.24) is 5.32 Å². The Balaban J connectivity index is 2.59. The molecule has 1 aromatic rings. The Morgan fingerprint density at radius 3 is 2.44 bits per heavy atom. The molecule has 88 valence electrons. The van der Waals surface area contributed by atoms with E-state index in [1.54, 1.807) is 24.3 Å². The van der Waals surface area contributed by atoms with E-state index in [0.29, 0.717) is 12.0 Å². The van der Waals surface area contributed by atoms with E-state index in [2.05, 4.69) is 5.32 Å². The van der Waals surface area contributed by atoms with Gasteiger partial charge in [-0.1, -0.05) is 12.1 Å². The summed E-state index contributed by atoms with van der Waals surface area (Å²) in [5, 5.41) is 20.3. The number of carbonyl (C=O) groups is 1. The topological polar surface area (TPSA) is 69.6 Å². The van der Waals surface area contributed by atoms with Crippen molar-refractivity contribution in [2.75, 3.05) is 6.61 Å². The normalized spacial score (nSPS) is 12.2. The third-order valence-corrected chi connectivity index (χ3v) is 2.34. The van der Waals surface area contributed by atoms with Gasteiger partial charge in [0.05, 0.1) is 6.61 Å². The fourth-order valence-electron chi connectivity index (χ4n) is 1.33. The second kappa shape index (κ2) is 6.25. The Morgan fingerprint density at radius 2 is 1.94 bits per heavy atom. The molecule has 0 spiro atoms. The second-order valence-electron chi connectivity index (χ2n) is 3.74. The summed E-state index contributed by atoms with van der Waals surface area (Å²) in [6.45, 7) is 1.88. The maximum absolute atomic E-state index is 11.7. The largest absolute Gasteiger partial charge is 0.396 e. The first-order chi connectivity index (χ1) is 7.67. The Kier molecular flexibility index (Phi) is 4.95. The lowest BCUT2D eigenvalue weighted by atomic mass is 10.1. The summed E-state index contributed by atoms with van der Waals surface area (Å²) in [6, 6.07) is 6.73. The number of aliphatic hydroxyl groups excluding tert-OH is 2. The van der Waals surface area contributed by atoms with Gasteiger partial charge in [-0.2, -0.15) is 0 Å².